The predicted octanol–water partition coefficient (Wildman–Crippen LogP) is 19.9. The van der Waals surface area contributed by atoms with Gasteiger partial charge in [0.1, 0.15) is 11.2 Å². The van der Waals surface area contributed by atoms with Crippen molar-refractivity contribution in [2.45, 2.75) is 155 Å². The number of rotatable bonds is 6. The molecule has 9 aromatic carbocycles. The average molecular weight is 1090 g/mol. The zero-order chi connectivity index (χ0) is 57.9. The first-order valence-corrected chi connectivity index (χ1v) is 30.7. The zero-order valence-corrected chi connectivity index (χ0v) is 51.5. The van der Waals surface area contributed by atoms with Crippen molar-refractivity contribution in [1.29, 1.82) is 0 Å². The number of benzene rings is 9. The van der Waals surface area contributed by atoms with Gasteiger partial charge in [0.25, 0.3) is 6.71 Å². The number of anilines is 8. The molecule has 83 heavy (non-hydrogen) atoms. The van der Waals surface area contributed by atoms with Crippen LogP contribution in [0.25, 0.3) is 44.2 Å². The molecule has 1 aromatic heterocycles. The minimum atomic E-state index is -0.175. The van der Waals surface area contributed by atoms with E-state index in [2.05, 4.69) is 294 Å². The fraction of sp³-hybridized carbons (Fsp3) is 0.308. The van der Waals surface area contributed by atoms with E-state index < -0.39 is 0 Å². The number of nitrogens with zero attached hydrogens (tertiary/aromatic N) is 3. The lowest BCUT2D eigenvalue weighted by atomic mass is 9.33. The molecule has 0 saturated heterocycles. The van der Waals surface area contributed by atoms with Crippen LogP contribution >= 0.6 is 0 Å². The molecule has 10 aromatic rings. The van der Waals surface area contributed by atoms with Crippen molar-refractivity contribution >= 4 is 90.5 Å². The van der Waals surface area contributed by atoms with Crippen LogP contribution in [-0.4, -0.2) is 12.3 Å². The molecule has 4 aliphatic rings. The molecule has 1 saturated carbocycles. The molecule has 0 N–H and O–H groups in total. The maximum absolute atomic E-state index is 7.01. The molecule has 4 heterocycles. The third-order valence-corrected chi connectivity index (χ3v) is 20.0. The molecule has 1 fully saturated rings. The van der Waals surface area contributed by atoms with Gasteiger partial charge in [0.2, 0.25) is 0 Å². The van der Waals surface area contributed by atoms with Gasteiger partial charge in [-0.3, -0.25) is 0 Å². The second-order valence-corrected chi connectivity index (χ2v) is 29.4. The fourth-order valence-corrected chi connectivity index (χ4v) is 15.0. The Labute approximate surface area is 494 Å². The minimum absolute atomic E-state index is 0.0107. The van der Waals surface area contributed by atoms with Gasteiger partial charge in [-0.1, -0.05) is 218 Å². The van der Waals surface area contributed by atoms with Crippen LogP contribution in [0.2, 0.25) is 0 Å². The van der Waals surface area contributed by atoms with Crippen molar-refractivity contribution < 1.29 is 4.42 Å². The summed E-state index contributed by atoms with van der Waals surface area (Å²) in [5.74, 6) is 0. The van der Waals surface area contributed by atoms with Crippen molar-refractivity contribution in [2.24, 2.45) is 0 Å². The first-order chi connectivity index (χ1) is 39.4. The number of fused-ring (bicyclic) bond motifs is 10. The molecule has 2 unspecified atom stereocenters. The summed E-state index contributed by atoms with van der Waals surface area (Å²) < 4.78 is 7.01. The largest absolute Gasteiger partial charge is 0.455 e. The highest BCUT2D eigenvalue weighted by atomic mass is 16.3. The third kappa shape index (κ3) is 8.21. The van der Waals surface area contributed by atoms with E-state index >= 15 is 0 Å². The van der Waals surface area contributed by atoms with Crippen LogP contribution in [0.1, 0.15) is 150 Å². The molecular weight excluding hydrogens is 1010 g/mol. The standard InChI is InChI=1S/C78H80BN3O/c1-73(2,3)51-29-34-55(35-30-51)80(56-36-31-52(32-37-56)74(4,5)6)57-38-39-63-66(48-57)81(65-40-33-53(75(7,8)9)45-61(65)49-23-16-15-17-24-49)67-43-50(58-26-22-27-60-59-25-18-19-28-69(59)83-72(58)60)44-68-70(67)79(63)64-47-54(76(10,11)12)46-62-71(64)82(68)78(14)42-21-20-41-77(62,78)13/h15-19,22-40,43-48H,20-21,41-42H2,1-14H3. The van der Waals surface area contributed by atoms with Crippen molar-refractivity contribution in [1.82, 2.24) is 0 Å². The minimum Gasteiger partial charge on any atom is -0.455 e. The molecule has 0 amide bonds. The van der Waals surface area contributed by atoms with E-state index in [1.165, 1.54) is 90.9 Å². The quantitative estimate of drug-likeness (QED) is 0.155. The molecule has 0 spiro atoms. The Morgan fingerprint density at radius 1 is 0.446 bits per heavy atom. The van der Waals surface area contributed by atoms with Gasteiger partial charge in [0.15, 0.2) is 0 Å². The Kier molecular flexibility index (Phi) is 11.8. The smallest absolute Gasteiger partial charge is 0.252 e. The van der Waals surface area contributed by atoms with Crippen LogP contribution in [0.5, 0.6) is 0 Å². The topological polar surface area (TPSA) is 22.9 Å². The van der Waals surface area contributed by atoms with Gasteiger partial charge in [-0.25, -0.2) is 0 Å². The highest BCUT2D eigenvalue weighted by Gasteiger charge is 2.62. The molecule has 0 radical (unpaired) electrons. The molecule has 4 nitrogen and oxygen atoms in total. The van der Waals surface area contributed by atoms with Crippen LogP contribution in [0.3, 0.4) is 0 Å². The van der Waals surface area contributed by atoms with E-state index in [1.807, 2.05) is 0 Å². The Hall–Kier alpha value is -7.76. The monoisotopic (exact) mass is 1090 g/mol. The van der Waals surface area contributed by atoms with Gasteiger partial charge in [-0.05, 0) is 163 Å². The van der Waals surface area contributed by atoms with Gasteiger partial charge in [-0.15, -0.1) is 0 Å². The van der Waals surface area contributed by atoms with Crippen molar-refractivity contribution in [3.8, 4) is 22.3 Å². The molecule has 416 valence electrons. The summed E-state index contributed by atoms with van der Waals surface area (Å²) >= 11 is 0. The summed E-state index contributed by atoms with van der Waals surface area (Å²) in [5, 5.41) is 2.28. The number of para-hydroxylation sites is 2. The van der Waals surface area contributed by atoms with Gasteiger partial charge < -0.3 is 19.1 Å². The number of hydrogen-bond donors (Lipinski definition) is 0. The van der Waals surface area contributed by atoms with Crippen molar-refractivity contribution in [3.63, 3.8) is 0 Å². The normalized spacial score (nSPS) is 18.3. The Morgan fingerprint density at radius 3 is 1.70 bits per heavy atom. The highest BCUT2D eigenvalue weighted by molar-refractivity contribution is 7.00. The lowest BCUT2D eigenvalue weighted by Gasteiger charge is -2.53. The molecule has 1 aliphatic carbocycles. The van der Waals surface area contributed by atoms with Crippen LogP contribution in [0.4, 0.5) is 45.5 Å². The molecule has 2 atom stereocenters. The molecule has 0 bridgehead atoms. The lowest BCUT2D eigenvalue weighted by Crippen LogP contribution is -2.64. The molecule has 5 heteroatoms. The Balaban J connectivity index is 1.13. The van der Waals surface area contributed by atoms with Crippen LogP contribution in [-0.2, 0) is 27.1 Å². The number of hydrogen-bond acceptors (Lipinski definition) is 4. The highest BCUT2D eigenvalue weighted by Crippen LogP contribution is 2.63. The predicted molar refractivity (Wildman–Crippen MR) is 356 cm³/mol. The molecule has 3 aliphatic heterocycles. The van der Waals surface area contributed by atoms with Crippen molar-refractivity contribution in [3.05, 3.63) is 210 Å². The van der Waals surface area contributed by atoms with E-state index in [0.29, 0.717) is 0 Å². The van der Waals surface area contributed by atoms with Gasteiger partial charge >= 0.3 is 0 Å². The number of furan rings is 1. The average Bonchev–Trinajstić information content (AvgIpc) is 1.69. The van der Waals surface area contributed by atoms with E-state index in [0.717, 1.165) is 68.7 Å². The summed E-state index contributed by atoms with van der Waals surface area (Å²) in [6, 6.07) is 70.3. The van der Waals surface area contributed by atoms with Gasteiger partial charge in [0, 0.05) is 67.1 Å². The van der Waals surface area contributed by atoms with Gasteiger partial charge in [0.05, 0.1) is 11.2 Å². The van der Waals surface area contributed by atoms with E-state index in [1.54, 1.807) is 0 Å². The summed E-state index contributed by atoms with van der Waals surface area (Å²) in [4.78, 5) is 8.07. The fourth-order valence-electron chi connectivity index (χ4n) is 15.0. The van der Waals surface area contributed by atoms with Gasteiger partial charge in [-0.2, -0.15) is 0 Å². The molecular formula is C78H80BN3O. The Morgan fingerprint density at radius 2 is 1.04 bits per heavy atom. The summed E-state index contributed by atoms with van der Waals surface area (Å²) in [6.45, 7) is 33.2. The maximum atomic E-state index is 7.01. The second kappa shape index (κ2) is 18.4. The van der Waals surface area contributed by atoms with E-state index in [-0.39, 0.29) is 39.3 Å². The van der Waals surface area contributed by atoms with Crippen LogP contribution < -0.4 is 31.1 Å². The van der Waals surface area contributed by atoms with Crippen LogP contribution in [0.15, 0.2) is 186 Å². The van der Waals surface area contributed by atoms with Crippen LogP contribution in [0, 0.1) is 0 Å². The maximum Gasteiger partial charge on any atom is 0.252 e. The van der Waals surface area contributed by atoms with Crippen molar-refractivity contribution in [2.75, 3.05) is 14.7 Å². The lowest BCUT2D eigenvalue weighted by molar-refractivity contribution is 0.195. The summed E-state index contributed by atoms with van der Waals surface area (Å²) in [5.41, 5.74) is 26.7. The third-order valence-electron chi connectivity index (χ3n) is 20.0. The summed E-state index contributed by atoms with van der Waals surface area (Å²) in [7, 11) is 0. The SMILES string of the molecule is CC(C)(C)c1ccc(N(c2ccc(C(C)(C)C)cc2)c2ccc3c(c2)N(c2ccc(C(C)(C)C)cc2-c2ccccc2)c2cc(-c4cccc5c4oc4ccccc45)cc4c2B3c2cc(C(C)(C)C)cc3c2N4C2(C)CCCCC32C)cc1. The zero-order valence-electron chi connectivity index (χ0n) is 51.5. The second-order valence-electron chi connectivity index (χ2n) is 29.4. The first kappa shape index (κ1) is 53.3. The van der Waals surface area contributed by atoms with E-state index in [9.17, 15) is 0 Å². The van der Waals surface area contributed by atoms with E-state index in [4.69, 9.17) is 4.42 Å². The summed E-state index contributed by atoms with van der Waals surface area (Å²) in [6.07, 6.45) is 4.70. The first-order valence-electron chi connectivity index (χ1n) is 30.7. The Bertz CT molecular complexity index is 4180. The molecule has 14 rings (SSSR count).